The van der Waals surface area contributed by atoms with Crippen molar-refractivity contribution in [3.63, 3.8) is 0 Å². The van der Waals surface area contributed by atoms with Gasteiger partial charge in [0.2, 0.25) is 17.7 Å². The van der Waals surface area contributed by atoms with Crippen molar-refractivity contribution >= 4 is 17.7 Å². The second kappa shape index (κ2) is 9.81. The first kappa shape index (κ1) is 21.8. The number of ether oxygens (including phenoxy) is 1. The van der Waals surface area contributed by atoms with E-state index in [0.717, 1.165) is 18.4 Å². The number of carbonyl (C=O) groups excluding carboxylic acids is 3. The van der Waals surface area contributed by atoms with E-state index in [1.165, 1.54) is 12.8 Å². The number of rotatable bonds is 7. The van der Waals surface area contributed by atoms with Crippen molar-refractivity contribution in [2.75, 3.05) is 39.9 Å². The Morgan fingerprint density at radius 3 is 2.52 bits per heavy atom. The van der Waals surface area contributed by atoms with Gasteiger partial charge in [0.05, 0.1) is 13.2 Å². The van der Waals surface area contributed by atoms with E-state index in [1.54, 1.807) is 21.8 Å². The fourth-order valence-corrected chi connectivity index (χ4v) is 5.23. The molecule has 2 saturated heterocycles. The van der Waals surface area contributed by atoms with Gasteiger partial charge in [0.1, 0.15) is 12.1 Å². The van der Waals surface area contributed by atoms with Crippen LogP contribution in [0.25, 0.3) is 0 Å². The number of hydrogen-bond donors (Lipinski definition) is 0. The first-order valence-corrected chi connectivity index (χ1v) is 11.5. The van der Waals surface area contributed by atoms with Crippen molar-refractivity contribution in [2.24, 2.45) is 5.92 Å². The number of piperazine rings is 2. The van der Waals surface area contributed by atoms with Crippen molar-refractivity contribution in [3.05, 3.63) is 35.9 Å². The van der Waals surface area contributed by atoms with E-state index < -0.39 is 12.1 Å². The Morgan fingerprint density at radius 2 is 1.81 bits per heavy atom. The van der Waals surface area contributed by atoms with E-state index in [0.29, 0.717) is 45.0 Å². The van der Waals surface area contributed by atoms with Crippen molar-refractivity contribution in [3.8, 4) is 0 Å². The lowest BCUT2D eigenvalue weighted by atomic mass is 9.94. The predicted octanol–water partition coefficient (Wildman–Crippen LogP) is 1.71. The summed E-state index contributed by atoms with van der Waals surface area (Å²) >= 11 is 0. The molecular weight excluding hydrogens is 394 g/mol. The van der Waals surface area contributed by atoms with Gasteiger partial charge < -0.3 is 19.4 Å². The van der Waals surface area contributed by atoms with E-state index in [9.17, 15) is 14.4 Å². The molecule has 3 fully saturated rings. The molecule has 31 heavy (non-hydrogen) atoms. The fourth-order valence-electron chi connectivity index (χ4n) is 5.23. The van der Waals surface area contributed by atoms with Gasteiger partial charge in [-0.05, 0) is 24.3 Å². The summed E-state index contributed by atoms with van der Waals surface area (Å²) in [6.07, 6.45) is 5.47. The van der Waals surface area contributed by atoms with Gasteiger partial charge in [-0.25, -0.2) is 0 Å². The number of nitrogens with zero attached hydrogens (tertiary/aromatic N) is 3. The highest BCUT2D eigenvalue weighted by Crippen LogP contribution is 2.30. The second-order valence-corrected chi connectivity index (χ2v) is 8.97. The largest absolute Gasteiger partial charge is 0.383 e. The summed E-state index contributed by atoms with van der Waals surface area (Å²) < 4.78 is 5.13. The molecule has 2 aliphatic heterocycles. The van der Waals surface area contributed by atoms with Crippen LogP contribution in [0.3, 0.4) is 0 Å². The number of benzene rings is 1. The molecule has 2 heterocycles. The summed E-state index contributed by atoms with van der Waals surface area (Å²) in [5, 5.41) is 0. The van der Waals surface area contributed by atoms with Crippen LogP contribution >= 0.6 is 0 Å². The maximum atomic E-state index is 13.5. The Hall–Kier alpha value is -2.41. The van der Waals surface area contributed by atoms with Crippen LogP contribution in [0.5, 0.6) is 0 Å². The average molecular weight is 428 g/mol. The van der Waals surface area contributed by atoms with Crippen LogP contribution in [-0.4, -0.2) is 84.4 Å². The smallest absolute Gasteiger partial charge is 0.247 e. The zero-order valence-corrected chi connectivity index (χ0v) is 18.4. The van der Waals surface area contributed by atoms with Crippen molar-refractivity contribution in [1.82, 2.24) is 14.7 Å². The summed E-state index contributed by atoms with van der Waals surface area (Å²) in [6.45, 7) is 2.29. The lowest BCUT2D eigenvalue weighted by Crippen LogP contribution is -2.70. The maximum absolute atomic E-state index is 13.5. The van der Waals surface area contributed by atoms with Gasteiger partial charge in [-0.15, -0.1) is 0 Å². The molecule has 1 aliphatic carbocycles. The summed E-state index contributed by atoms with van der Waals surface area (Å²) in [4.78, 5) is 45.2. The van der Waals surface area contributed by atoms with E-state index in [-0.39, 0.29) is 24.3 Å². The van der Waals surface area contributed by atoms with Crippen LogP contribution < -0.4 is 0 Å². The highest BCUT2D eigenvalue weighted by molar-refractivity contribution is 5.95. The molecule has 0 unspecified atom stereocenters. The molecule has 168 valence electrons. The molecule has 1 saturated carbocycles. The summed E-state index contributed by atoms with van der Waals surface area (Å²) in [6, 6.07) is 8.72. The monoisotopic (exact) mass is 427 g/mol. The third-order valence-electron chi connectivity index (χ3n) is 6.99. The molecule has 3 amide bonds. The van der Waals surface area contributed by atoms with Crippen LogP contribution in [0.2, 0.25) is 0 Å². The summed E-state index contributed by atoms with van der Waals surface area (Å²) in [5.74, 6) is 0.244. The Labute approximate surface area is 184 Å². The minimum Gasteiger partial charge on any atom is -0.383 e. The number of methoxy groups -OCH3 is 1. The van der Waals surface area contributed by atoms with Gasteiger partial charge in [-0.2, -0.15) is 0 Å². The zero-order chi connectivity index (χ0) is 21.8. The number of amides is 3. The van der Waals surface area contributed by atoms with Crippen LogP contribution in [0.1, 0.15) is 37.7 Å². The summed E-state index contributed by atoms with van der Waals surface area (Å²) in [7, 11) is 1.61. The molecule has 4 rings (SSSR count). The minimum atomic E-state index is -0.586. The molecule has 7 nitrogen and oxygen atoms in total. The van der Waals surface area contributed by atoms with Gasteiger partial charge in [0.25, 0.3) is 0 Å². The predicted molar refractivity (Wildman–Crippen MR) is 116 cm³/mol. The fraction of sp³-hybridized carbons (Fsp3) is 0.625. The van der Waals surface area contributed by atoms with E-state index in [1.807, 2.05) is 30.3 Å². The van der Waals surface area contributed by atoms with Crippen LogP contribution in [-0.2, 0) is 25.5 Å². The van der Waals surface area contributed by atoms with Crippen LogP contribution in [0.4, 0.5) is 0 Å². The molecule has 0 bridgehead atoms. The minimum absolute atomic E-state index is 0.0163. The number of carbonyl (C=O) groups is 3. The normalized spacial score (nSPS) is 24.6. The van der Waals surface area contributed by atoms with Crippen LogP contribution in [0, 0.1) is 5.92 Å². The Balaban J connectivity index is 1.55. The third kappa shape index (κ3) is 4.76. The molecule has 0 spiro atoms. The van der Waals surface area contributed by atoms with Gasteiger partial charge in [-0.3, -0.25) is 14.4 Å². The second-order valence-electron chi connectivity index (χ2n) is 8.97. The van der Waals surface area contributed by atoms with E-state index in [2.05, 4.69) is 0 Å². The lowest BCUT2D eigenvalue weighted by molar-refractivity contribution is -0.166. The van der Waals surface area contributed by atoms with E-state index >= 15 is 0 Å². The van der Waals surface area contributed by atoms with Crippen molar-refractivity contribution in [2.45, 2.75) is 50.6 Å². The SMILES string of the molecule is COCCN1CCN2C(=O)[C@H](Cc3ccccc3)N(C(=O)CC3CCCC3)C[C@H]2C1=O. The average Bonchev–Trinajstić information content (AvgIpc) is 3.29. The van der Waals surface area contributed by atoms with E-state index in [4.69, 9.17) is 4.74 Å². The number of fused-ring (bicyclic) bond motifs is 1. The molecule has 7 heteroatoms. The number of hydrogen-bond acceptors (Lipinski definition) is 4. The molecule has 3 aliphatic rings. The van der Waals surface area contributed by atoms with Gasteiger partial charge in [0, 0.05) is 39.6 Å². The molecule has 0 radical (unpaired) electrons. The molecule has 0 aromatic heterocycles. The van der Waals surface area contributed by atoms with Gasteiger partial charge >= 0.3 is 0 Å². The molecule has 1 aromatic carbocycles. The topological polar surface area (TPSA) is 70.2 Å². The van der Waals surface area contributed by atoms with Gasteiger partial charge in [-0.1, -0.05) is 43.2 Å². The van der Waals surface area contributed by atoms with Crippen molar-refractivity contribution in [1.29, 1.82) is 0 Å². The van der Waals surface area contributed by atoms with Gasteiger partial charge in [0.15, 0.2) is 0 Å². The lowest BCUT2D eigenvalue weighted by Gasteiger charge is -2.49. The third-order valence-corrected chi connectivity index (χ3v) is 6.99. The highest BCUT2D eigenvalue weighted by atomic mass is 16.5. The molecule has 2 atom stereocenters. The highest BCUT2D eigenvalue weighted by Gasteiger charge is 2.48. The standard InChI is InChI=1S/C24H33N3O4/c1-31-14-13-25-11-12-26-21(23(25)29)17-27(22(28)16-19-9-5-6-10-19)20(24(26)30)15-18-7-3-2-4-8-18/h2-4,7-8,19-21H,5-6,9-17H2,1H3/t20-,21-/m0/s1. The Bertz CT molecular complexity index is 793. The first-order valence-electron chi connectivity index (χ1n) is 11.5. The van der Waals surface area contributed by atoms with Crippen molar-refractivity contribution < 1.29 is 19.1 Å². The molecule has 0 N–H and O–H groups in total. The molecule has 1 aromatic rings. The van der Waals surface area contributed by atoms with Crippen LogP contribution in [0.15, 0.2) is 30.3 Å². The Kier molecular flexibility index (Phi) is 6.90. The maximum Gasteiger partial charge on any atom is 0.247 e. The Morgan fingerprint density at radius 1 is 1.06 bits per heavy atom. The zero-order valence-electron chi connectivity index (χ0n) is 18.4. The molecular formula is C24H33N3O4. The summed E-state index contributed by atoms with van der Waals surface area (Å²) in [5.41, 5.74) is 1.03. The quantitative estimate of drug-likeness (QED) is 0.664. The first-order chi connectivity index (χ1) is 15.1.